The van der Waals surface area contributed by atoms with Gasteiger partial charge in [-0.25, -0.2) is 18.2 Å². The highest BCUT2D eigenvalue weighted by Crippen LogP contribution is 2.26. The van der Waals surface area contributed by atoms with Crippen molar-refractivity contribution in [1.82, 2.24) is 0 Å². The van der Waals surface area contributed by atoms with E-state index in [4.69, 9.17) is 10.5 Å². The van der Waals surface area contributed by atoms with Crippen molar-refractivity contribution in [2.75, 3.05) is 6.61 Å². The predicted molar refractivity (Wildman–Crippen MR) is 46.6 cm³/mol. The summed E-state index contributed by atoms with van der Waals surface area (Å²) in [7, 11) is 0. The molecule has 1 aliphatic rings. The standard InChI is InChI=1S/C9H7F3N2O/c10-5-2-7(12)6(11)1-4(5)8-3-15-9(13)14-8/h1-2,8H,3H2,(H2,13,14)/t8-/m0/s1. The Kier molecular flexibility index (Phi) is 2.26. The number of benzene rings is 1. The first kappa shape index (κ1) is 9.82. The van der Waals surface area contributed by atoms with E-state index in [1.807, 2.05) is 0 Å². The van der Waals surface area contributed by atoms with Crippen LogP contribution in [0.1, 0.15) is 11.6 Å². The van der Waals surface area contributed by atoms with Crippen LogP contribution in [0.4, 0.5) is 13.2 Å². The first-order valence-corrected chi connectivity index (χ1v) is 4.18. The molecular weight excluding hydrogens is 209 g/mol. The number of aliphatic imine (C=N–C) groups is 1. The van der Waals surface area contributed by atoms with Crippen molar-refractivity contribution in [2.45, 2.75) is 6.04 Å². The SMILES string of the molecule is NC1=N[C@H](c2cc(F)c(F)cc2F)CO1. The molecule has 15 heavy (non-hydrogen) atoms. The molecule has 2 rings (SSSR count). The normalized spacial score (nSPS) is 19.9. The molecule has 0 radical (unpaired) electrons. The Morgan fingerprint density at radius 2 is 1.87 bits per heavy atom. The zero-order valence-corrected chi connectivity index (χ0v) is 7.51. The van der Waals surface area contributed by atoms with Crippen molar-refractivity contribution < 1.29 is 17.9 Å². The lowest BCUT2D eigenvalue weighted by Crippen LogP contribution is -2.10. The third-order valence-corrected chi connectivity index (χ3v) is 2.07. The smallest absolute Gasteiger partial charge is 0.282 e. The molecule has 0 saturated heterocycles. The van der Waals surface area contributed by atoms with E-state index in [9.17, 15) is 13.2 Å². The molecule has 1 atom stereocenters. The minimum Gasteiger partial charge on any atom is -0.463 e. The van der Waals surface area contributed by atoms with Crippen LogP contribution in [0.5, 0.6) is 0 Å². The molecule has 0 amide bonds. The summed E-state index contributed by atoms with van der Waals surface area (Å²) in [5.74, 6) is -3.21. The molecule has 2 N–H and O–H groups in total. The van der Waals surface area contributed by atoms with Crippen molar-refractivity contribution in [3.63, 3.8) is 0 Å². The molecule has 1 aromatic rings. The van der Waals surface area contributed by atoms with Gasteiger partial charge in [-0.3, -0.25) is 0 Å². The van der Waals surface area contributed by atoms with E-state index in [2.05, 4.69) is 4.99 Å². The summed E-state index contributed by atoms with van der Waals surface area (Å²) in [5, 5.41) is 0. The van der Waals surface area contributed by atoms with Crippen LogP contribution in [-0.4, -0.2) is 12.6 Å². The maximum atomic E-state index is 13.2. The molecule has 1 heterocycles. The van der Waals surface area contributed by atoms with Crippen LogP contribution in [0.15, 0.2) is 17.1 Å². The van der Waals surface area contributed by atoms with Crippen LogP contribution < -0.4 is 5.73 Å². The quantitative estimate of drug-likeness (QED) is 0.723. The van der Waals surface area contributed by atoms with Crippen LogP contribution in [0.25, 0.3) is 0 Å². The van der Waals surface area contributed by atoms with E-state index < -0.39 is 23.5 Å². The summed E-state index contributed by atoms with van der Waals surface area (Å²) in [6.45, 7) is 0.0355. The molecule has 0 saturated carbocycles. The zero-order valence-electron chi connectivity index (χ0n) is 7.51. The van der Waals surface area contributed by atoms with Crippen LogP contribution in [0.2, 0.25) is 0 Å². The fraction of sp³-hybridized carbons (Fsp3) is 0.222. The number of nitrogens with two attached hydrogens (primary N) is 1. The lowest BCUT2D eigenvalue weighted by Gasteiger charge is -2.07. The Morgan fingerprint density at radius 3 is 2.47 bits per heavy atom. The molecule has 0 fully saturated rings. The fourth-order valence-electron chi connectivity index (χ4n) is 1.35. The van der Waals surface area contributed by atoms with Gasteiger partial charge >= 0.3 is 0 Å². The number of amidine groups is 1. The van der Waals surface area contributed by atoms with Gasteiger partial charge in [-0.15, -0.1) is 0 Å². The predicted octanol–water partition coefficient (Wildman–Crippen LogP) is 1.49. The lowest BCUT2D eigenvalue weighted by molar-refractivity contribution is 0.312. The molecule has 0 spiro atoms. The van der Waals surface area contributed by atoms with Crippen LogP contribution in [0, 0.1) is 17.5 Å². The minimum atomic E-state index is -1.23. The van der Waals surface area contributed by atoms with E-state index in [-0.39, 0.29) is 18.2 Å². The summed E-state index contributed by atoms with van der Waals surface area (Å²) in [6.07, 6.45) is 0. The van der Waals surface area contributed by atoms with Crippen LogP contribution in [-0.2, 0) is 4.74 Å². The van der Waals surface area contributed by atoms with E-state index in [1.54, 1.807) is 0 Å². The minimum absolute atomic E-state index is 0.0355. The summed E-state index contributed by atoms with van der Waals surface area (Å²) in [4.78, 5) is 3.73. The van der Waals surface area contributed by atoms with E-state index >= 15 is 0 Å². The number of nitrogens with zero attached hydrogens (tertiary/aromatic N) is 1. The highest BCUT2D eigenvalue weighted by atomic mass is 19.2. The van der Waals surface area contributed by atoms with E-state index in [1.165, 1.54) is 0 Å². The van der Waals surface area contributed by atoms with Gasteiger partial charge in [0, 0.05) is 11.6 Å². The molecule has 1 aliphatic heterocycles. The average molecular weight is 216 g/mol. The number of hydrogen-bond donors (Lipinski definition) is 1. The highest BCUT2D eigenvalue weighted by Gasteiger charge is 2.23. The van der Waals surface area contributed by atoms with Gasteiger partial charge in [-0.05, 0) is 6.07 Å². The first-order chi connectivity index (χ1) is 7.08. The second kappa shape index (κ2) is 3.45. The third-order valence-electron chi connectivity index (χ3n) is 2.07. The maximum Gasteiger partial charge on any atom is 0.282 e. The molecule has 3 nitrogen and oxygen atoms in total. The summed E-state index contributed by atoms with van der Waals surface area (Å²) in [5.41, 5.74) is 5.16. The molecule has 0 aromatic heterocycles. The summed E-state index contributed by atoms with van der Waals surface area (Å²) < 4.78 is 43.5. The fourth-order valence-corrected chi connectivity index (χ4v) is 1.35. The Balaban J connectivity index is 2.40. The number of halogens is 3. The number of ether oxygens (including phenoxy) is 1. The van der Waals surface area contributed by atoms with Gasteiger partial charge in [-0.1, -0.05) is 0 Å². The zero-order chi connectivity index (χ0) is 11.0. The van der Waals surface area contributed by atoms with Gasteiger partial charge < -0.3 is 10.5 Å². The van der Waals surface area contributed by atoms with Crippen molar-refractivity contribution in [3.05, 3.63) is 35.1 Å². The molecule has 0 bridgehead atoms. The van der Waals surface area contributed by atoms with Gasteiger partial charge in [0.25, 0.3) is 6.02 Å². The number of hydrogen-bond acceptors (Lipinski definition) is 3. The van der Waals surface area contributed by atoms with Gasteiger partial charge in [0.05, 0.1) is 0 Å². The number of rotatable bonds is 1. The monoisotopic (exact) mass is 216 g/mol. The van der Waals surface area contributed by atoms with Crippen molar-refractivity contribution in [1.29, 1.82) is 0 Å². The van der Waals surface area contributed by atoms with Crippen molar-refractivity contribution in [2.24, 2.45) is 10.7 Å². The van der Waals surface area contributed by atoms with E-state index in [0.717, 1.165) is 6.07 Å². The molecule has 80 valence electrons. The Hall–Kier alpha value is -1.72. The first-order valence-electron chi connectivity index (χ1n) is 4.18. The summed E-state index contributed by atoms with van der Waals surface area (Å²) in [6, 6.07) is 0.458. The Labute approximate surface area is 83.4 Å². The highest BCUT2D eigenvalue weighted by molar-refractivity contribution is 5.73. The van der Waals surface area contributed by atoms with Crippen molar-refractivity contribution >= 4 is 6.02 Å². The Bertz CT molecular complexity index is 434. The second-order valence-electron chi connectivity index (χ2n) is 3.08. The third kappa shape index (κ3) is 1.74. The van der Waals surface area contributed by atoms with Crippen LogP contribution in [0.3, 0.4) is 0 Å². The summed E-state index contributed by atoms with van der Waals surface area (Å²) >= 11 is 0. The second-order valence-corrected chi connectivity index (χ2v) is 3.08. The van der Waals surface area contributed by atoms with Crippen molar-refractivity contribution in [3.8, 4) is 0 Å². The van der Waals surface area contributed by atoms with E-state index in [0.29, 0.717) is 6.07 Å². The van der Waals surface area contributed by atoms with Gasteiger partial charge in [0.2, 0.25) is 0 Å². The molecule has 6 heteroatoms. The molecular formula is C9H7F3N2O. The van der Waals surface area contributed by atoms with Gasteiger partial charge in [0.1, 0.15) is 18.5 Å². The molecule has 0 aliphatic carbocycles. The molecule has 0 unspecified atom stereocenters. The lowest BCUT2D eigenvalue weighted by atomic mass is 10.1. The van der Waals surface area contributed by atoms with Gasteiger partial charge in [0.15, 0.2) is 11.6 Å². The maximum absolute atomic E-state index is 13.2. The average Bonchev–Trinajstić information content (AvgIpc) is 2.58. The Morgan fingerprint density at radius 1 is 1.20 bits per heavy atom. The topological polar surface area (TPSA) is 47.6 Å². The van der Waals surface area contributed by atoms with Crippen LogP contribution >= 0.6 is 0 Å². The molecule has 1 aromatic carbocycles. The van der Waals surface area contributed by atoms with Gasteiger partial charge in [-0.2, -0.15) is 0 Å². The largest absolute Gasteiger partial charge is 0.463 e.